The number of halogens is 1. The third-order valence-electron chi connectivity index (χ3n) is 2.42. The fraction of sp³-hybridized carbons (Fsp3) is 0.154. The number of thiophene rings is 1. The summed E-state index contributed by atoms with van der Waals surface area (Å²) < 4.78 is 0.963. The Hall–Kier alpha value is -1.13. The highest BCUT2D eigenvalue weighted by molar-refractivity contribution is 9.11. The van der Waals surface area contributed by atoms with Crippen LogP contribution in [0.15, 0.2) is 39.5 Å². The Bertz CT molecular complexity index is 536. The third-order valence-corrected chi connectivity index (χ3v) is 3.93. The Labute approximate surface area is 113 Å². The van der Waals surface area contributed by atoms with Crippen molar-refractivity contribution < 1.29 is 4.79 Å². The van der Waals surface area contributed by atoms with E-state index < -0.39 is 0 Å². The first kappa shape index (κ1) is 12.3. The normalized spacial score (nSPS) is 10.2. The summed E-state index contributed by atoms with van der Waals surface area (Å²) in [5.41, 5.74) is 2.75. The van der Waals surface area contributed by atoms with Crippen LogP contribution >= 0.6 is 27.3 Å². The van der Waals surface area contributed by atoms with Gasteiger partial charge in [-0.15, -0.1) is 11.3 Å². The number of amides is 1. The molecule has 0 spiro atoms. The van der Waals surface area contributed by atoms with Crippen LogP contribution in [0.5, 0.6) is 0 Å². The Balaban J connectivity index is 2.12. The molecule has 0 unspecified atom stereocenters. The van der Waals surface area contributed by atoms with Gasteiger partial charge in [0.2, 0.25) is 0 Å². The molecule has 2 aromatic rings. The molecule has 0 saturated carbocycles. The van der Waals surface area contributed by atoms with Gasteiger partial charge in [0.25, 0.3) is 5.91 Å². The molecule has 0 atom stereocenters. The maximum atomic E-state index is 11.9. The maximum Gasteiger partial charge on any atom is 0.256 e. The Morgan fingerprint density at radius 2 is 2.24 bits per heavy atom. The second kappa shape index (κ2) is 5.47. The van der Waals surface area contributed by atoms with Gasteiger partial charge in [-0.3, -0.25) is 4.79 Å². The Morgan fingerprint density at radius 3 is 2.88 bits per heavy atom. The van der Waals surface area contributed by atoms with Gasteiger partial charge in [0.05, 0.1) is 9.35 Å². The van der Waals surface area contributed by atoms with Crippen molar-refractivity contribution in [3.05, 3.63) is 50.6 Å². The first-order valence-corrected chi connectivity index (χ1v) is 7.00. The first-order chi connectivity index (χ1) is 8.19. The van der Waals surface area contributed by atoms with Crippen molar-refractivity contribution in [1.82, 2.24) is 0 Å². The molecule has 1 heterocycles. The molecule has 1 amide bonds. The molecule has 4 heteroatoms. The number of carbonyl (C=O) groups is 1. The molecule has 1 aromatic carbocycles. The van der Waals surface area contributed by atoms with E-state index in [0.717, 1.165) is 15.9 Å². The second-order valence-corrected chi connectivity index (χ2v) is 5.94. The average Bonchev–Trinajstić information content (AvgIpc) is 2.76. The summed E-state index contributed by atoms with van der Waals surface area (Å²) in [7, 11) is 0. The zero-order chi connectivity index (χ0) is 12.3. The van der Waals surface area contributed by atoms with E-state index >= 15 is 0 Å². The minimum Gasteiger partial charge on any atom is -0.322 e. The summed E-state index contributed by atoms with van der Waals surface area (Å²) in [6.07, 6.45) is 0.966. The highest BCUT2D eigenvalue weighted by Crippen LogP contribution is 2.21. The van der Waals surface area contributed by atoms with Crippen LogP contribution in [0.25, 0.3) is 0 Å². The average molecular weight is 310 g/mol. The first-order valence-electron chi connectivity index (χ1n) is 5.33. The molecule has 88 valence electrons. The summed E-state index contributed by atoms with van der Waals surface area (Å²) in [5, 5.41) is 4.73. The van der Waals surface area contributed by atoms with E-state index in [0.29, 0.717) is 5.56 Å². The van der Waals surface area contributed by atoms with Crippen molar-refractivity contribution >= 4 is 38.9 Å². The minimum absolute atomic E-state index is 0.0693. The molecule has 0 bridgehead atoms. The van der Waals surface area contributed by atoms with Crippen LogP contribution in [-0.2, 0) is 6.42 Å². The fourth-order valence-corrected chi connectivity index (χ4v) is 2.64. The van der Waals surface area contributed by atoms with Crippen molar-refractivity contribution in [3.8, 4) is 0 Å². The van der Waals surface area contributed by atoms with Crippen LogP contribution in [0.4, 0.5) is 5.69 Å². The molecule has 0 aliphatic rings. The van der Waals surface area contributed by atoms with Gasteiger partial charge in [-0.2, -0.15) is 0 Å². The molecule has 1 N–H and O–H groups in total. The number of carbonyl (C=O) groups excluding carboxylic acids is 1. The molecule has 2 nitrogen and oxygen atoms in total. The summed E-state index contributed by atoms with van der Waals surface area (Å²) >= 11 is 4.85. The van der Waals surface area contributed by atoms with E-state index in [1.165, 1.54) is 16.9 Å². The van der Waals surface area contributed by atoms with E-state index in [4.69, 9.17) is 0 Å². The van der Waals surface area contributed by atoms with Crippen LogP contribution in [0.3, 0.4) is 0 Å². The number of rotatable bonds is 3. The van der Waals surface area contributed by atoms with Crippen molar-refractivity contribution in [2.24, 2.45) is 0 Å². The van der Waals surface area contributed by atoms with Crippen LogP contribution in [0.2, 0.25) is 0 Å². The highest BCUT2D eigenvalue weighted by Gasteiger charge is 2.08. The number of aryl methyl sites for hydroxylation is 1. The van der Waals surface area contributed by atoms with E-state index in [2.05, 4.69) is 34.2 Å². The lowest BCUT2D eigenvalue weighted by atomic mass is 10.1. The van der Waals surface area contributed by atoms with Gasteiger partial charge in [-0.1, -0.05) is 19.1 Å². The predicted molar refractivity (Wildman–Crippen MR) is 75.8 cm³/mol. The van der Waals surface area contributed by atoms with Crippen molar-refractivity contribution in [1.29, 1.82) is 0 Å². The number of nitrogens with one attached hydrogen (secondary N) is 1. The topological polar surface area (TPSA) is 29.1 Å². The standard InChI is InChI=1S/C13H12BrNOS/c1-2-9-4-3-5-11(6-9)15-13(16)10-7-12(14)17-8-10/h3-8H,2H2,1H3,(H,15,16). The highest BCUT2D eigenvalue weighted by atomic mass is 79.9. The van der Waals surface area contributed by atoms with Crippen LogP contribution in [0, 0.1) is 0 Å². The monoisotopic (exact) mass is 309 g/mol. The second-order valence-electron chi connectivity index (χ2n) is 3.65. The van der Waals surface area contributed by atoms with Gasteiger partial charge in [0.1, 0.15) is 0 Å². The fourth-order valence-electron chi connectivity index (χ4n) is 1.50. The molecule has 0 aliphatic carbocycles. The summed E-state index contributed by atoms with van der Waals surface area (Å²) in [4.78, 5) is 11.9. The lowest BCUT2D eigenvalue weighted by Crippen LogP contribution is -2.10. The SMILES string of the molecule is CCc1cccc(NC(=O)c2csc(Br)c2)c1. The van der Waals surface area contributed by atoms with Crippen LogP contribution < -0.4 is 5.32 Å². The summed E-state index contributed by atoms with van der Waals surface area (Å²) in [6, 6.07) is 9.73. The van der Waals surface area contributed by atoms with E-state index in [1.54, 1.807) is 0 Å². The lowest BCUT2D eigenvalue weighted by molar-refractivity contribution is 0.102. The predicted octanol–water partition coefficient (Wildman–Crippen LogP) is 4.33. The van der Waals surface area contributed by atoms with Crippen LogP contribution in [-0.4, -0.2) is 5.91 Å². The summed E-state index contributed by atoms with van der Waals surface area (Å²) in [5.74, 6) is -0.0693. The smallest absolute Gasteiger partial charge is 0.256 e. The van der Waals surface area contributed by atoms with E-state index in [1.807, 2.05) is 29.6 Å². The molecule has 0 saturated heterocycles. The third kappa shape index (κ3) is 3.17. The zero-order valence-corrected chi connectivity index (χ0v) is 11.8. The molecule has 17 heavy (non-hydrogen) atoms. The van der Waals surface area contributed by atoms with Crippen molar-refractivity contribution in [3.63, 3.8) is 0 Å². The molecule has 0 radical (unpaired) electrons. The molecular weight excluding hydrogens is 298 g/mol. The lowest BCUT2D eigenvalue weighted by Gasteiger charge is -2.05. The number of benzene rings is 1. The van der Waals surface area contributed by atoms with Crippen LogP contribution in [0.1, 0.15) is 22.8 Å². The van der Waals surface area contributed by atoms with Gasteiger partial charge in [-0.25, -0.2) is 0 Å². The molecule has 0 fully saturated rings. The minimum atomic E-state index is -0.0693. The van der Waals surface area contributed by atoms with Gasteiger partial charge in [0, 0.05) is 11.1 Å². The van der Waals surface area contributed by atoms with E-state index in [-0.39, 0.29) is 5.91 Å². The zero-order valence-electron chi connectivity index (χ0n) is 9.37. The Kier molecular flexibility index (Phi) is 3.97. The van der Waals surface area contributed by atoms with Gasteiger partial charge in [-0.05, 0) is 46.1 Å². The van der Waals surface area contributed by atoms with E-state index in [9.17, 15) is 4.79 Å². The number of hydrogen-bond acceptors (Lipinski definition) is 2. The number of hydrogen-bond donors (Lipinski definition) is 1. The van der Waals surface area contributed by atoms with Gasteiger partial charge >= 0.3 is 0 Å². The quantitative estimate of drug-likeness (QED) is 0.898. The molecular formula is C13H12BrNOS. The van der Waals surface area contributed by atoms with Crippen molar-refractivity contribution in [2.45, 2.75) is 13.3 Å². The number of anilines is 1. The summed E-state index contributed by atoms with van der Waals surface area (Å²) in [6.45, 7) is 2.09. The molecule has 2 rings (SSSR count). The molecule has 0 aliphatic heterocycles. The van der Waals surface area contributed by atoms with Gasteiger partial charge in [0.15, 0.2) is 0 Å². The van der Waals surface area contributed by atoms with Gasteiger partial charge < -0.3 is 5.32 Å². The maximum absolute atomic E-state index is 11.9. The molecule has 1 aromatic heterocycles. The largest absolute Gasteiger partial charge is 0.322 e. The van der Waals surface area contributed by atoms with Crippen molar-refractivity contribution in [2.75, 3.05) is 5.32 Å². The Morgan fingerprint density at radius 1 is 1.41 bits per heavy atom.